The first kappa shape index (κ1) is 27.6. The van der Waals surface area contributed by atoms with Crippen molar-refractivity contribution in [3.05, 3.63) is 66.0 Å². The number of nitrogens with zero attached hydrogens (tertiary/aromatic N) is 6. The molecular formula is C33H35F2N7O. The maximum Gasteiger partial charge on any atom is 0.319 e. The molecular weight excluding hydrogens is 548 g/mol. The normalized spacial score (nSPS) is 19.1. The van der Waals surface area contributed by atoms with Gasteiger partial charge in [0.15, 0.2) is 5.82 Å². The Bertz CT molecular complexity index is 1750. The molecule has 0 amide bonds. The molecule has 0 aliphatic carbocycles. The highest BCUT2D eigenvalue weighted by Gasteiger charge is 2.45. The van der Waals surface area contributed by atoms with Gasteiger partial charge in [0.1, 0.15) is 29.5 Å². The average molecular weight is 584 g/mol. The Labute approximate surface area is 249 Å². The van der Waals surface area contributed by atoms with Crippen molar-refractivity contribution < 1.29 is 13.5 Å². The van der Waals surface area contributed by atoms with E-state index in [1.54, 1.807) is 36.5 Å². The van der Waals surface area contributed by atoms with Crippen molar-refractivity contribution in [2.24, 2.45) is 10.7 Å². The number of pyridine rings is 1. The molecule has 8 nitrogen and oxygen atoms in total. The summed E-state index contributed by atoms with van der Waals surface area (Å²) in [7, 11) is 0. The van der Waals surface area contributed by atoms with Gasteiger partial charge < -0.3 is 15.4 Å². The minimum Gasteiger partial charge on any atom is -0.461 e. The van der Waals surface area contributed by atoms with Crippen LogP contribution in [0.5, 0.6) is 6.01 Å². The van der Waals surface area contributed by atoms with E-state index in [1.807, 2.05) is 13.0 Å². The van der Waals surface area contributed by atoms with Crippen LogP contribution in [0.1, 0.15) is 39.0 Å². The molecule has 0 atom stereocenters. The number of halogens is 2. The van der Waals surface area contributed by atoms with Crippen molar-refractivity contribution in [2.45, 2.75) is 44.6 Å². The lowest BCUT2D eigenvalue weighted by Crippen LogP contribution is -2.43. The quantitative estimate of drug-likeness (QED) is 0.314. The van der Waals surface area contributed by atoms with Crippen LogP contribution in [0.4, 0.5) is 14.6 Å². The molecule has 0 spiro atoms. The van der Waals surface area contributed by atoms with E-state index < -0.39 is 11.6 Å². The molecule has 0 unspecified atom stereocenters. The maximum absolute atomic E-state index is 16.6. The van der Waals surface area contributed by atoms with Crippen LogP contribution in [0.3, 0.4) is 0 Å². The summed E-state index contributed by atoms with van der Waals surface area (Å²) in [5.74, 6) is -0.532. The Morgan fingerprint density at radius 3 is 2.63 bits per heavy atom. The molecule has 2 aromatic heterocycles. The van der Waals surface area contributed by atoms with E-state index in [9.17, 15) is 0 Å². The molecule has 0 bridgehead atoms. The third-order valence-corrected chi connectivity index (χ3v) is 8.98. The number of ether oxygens (including phenoxy) is 1. The molecule has 2 saturated heterocycles. The van der Waals surface area contributed by atoms with Crippen LogP contribution in [0.15, 0.2) is 59.4 Å². The van der Waals surface area contributed by atoms with Crippen LogP contribution >= 0.6 is 0 Å². The Morgan fingerprint density at radius 1 is 1.05 bits per heavy atom. The second-order valence-electron chi connectivity index (χ2n) is 11.9. The van der Waals surface area contributed by atoms with Crippen LogP contribution in [0.25, 0.3) is 32.9 Å². The number of allylic oxidation sites excluding steroid dienone is 1. The summed E-state index contributed by atoms with van der Waals surface area (Å²) in [4.78, 5) is 23.3. The van der Waals surface area contributed by atoms with Gasteiger partial charge >= 0.3 is 6.01 Å². The van der Waals surface area contributed by atoms with E-state index in [1.165, 1.54) is 6.07 Å². The molecule has 2 aromatic carbocycles. The van der Waals surface area contributed by atoms with Crippen molar-refractivity contribution in [1.29, 1.82) is 0 Å². The summed E-state index contributed by atoms with van der Waals surface area (Å²) < 4.78 is 38.0. The molecule has 2 N–H and O–H groups in total. The summed E-state index contributed by atoms with van der Waals surface area (Å²) in [6, 6.07) is 10.2. The third-order valence-electron chi connectivity index (χ3n) is 8.98. The zero-order valence-corrected chi connectivity index (χ0v) is 24.3. The Balaban J connectivity index is 1.36. The number of hydrogen-bond acceptors (Lipinski definition) is 8. The lowest BCUT2D eigenvalue weighted by atomic mass is 9.95. The molecule has 0 saturated carbocycles. The fourth-order valence-corrected chi connectivity index (χ4v) is 7.01. The molecule has 43 heavy (non-hydrogen) atoms. The molecule has 3 aliphatic heterocycles. The molecule has 10 heteroatoms. The van der Waals surface area contributed by atoms with Gasteiger partial charge in [0.05, 0.1) is 23.2 Å². The van der Waals surface area contributed by atoms with E-state index in [-0.39, 0.29) is 22.8 Å². The van der Waals surface area contributed by atoms with Gasteiger partial charge in [-0.3, -0.25) is 14.9 Å². The van der Waals surface area contributed by atoms with Crippen LogP contribution in [0, 0.1) is 11.6 Å². The van der Waals surface area contributed by atoms with E-state index in [4.69, 9.17) is 15.5 Å². The third kappa shape index (κ3) is 5.07. The average Bonchev–Trinajstić information content (AvgIpc) is 3.49. The van der Waals surface area contributed by atoms with E-state index in [0.29, 0.717) is 59.5 Å². The number of fused-ring (bicyclic) bond motifs is 3. The Hall–Kier alpha value is -4.18. The van der Waals surface area contributed by atoms with E-state index >= 15 is 8.78 Å². The van der Waals surface area contributed by atoms with Crippen LogP contribution in [-0.4, -0.2) is 70.4 Å². The van der Waals surface area contributed by atoms with Crippen molar-refractivity contribution in [2.75, 3.05) is 44.2 Å². The second-order valence-corrected chi connectivity index (χ2v) is 11.9. The summed E-state index contributed by atoms with van der Waals surface area (Å²) in [5, 5.41) is 1.45. The number of rotatable bonds is 6. The minimum atomic E-state index is -0.635. The van der Waals surface area contributed by atoms with E-state index in [0.717, 1.165) is 50.9 Å². The summed E-state index contributed by atoms with van der Waals surface area (Å²) in [6.07, 6.45) is 8.67. The first-order valence-electron chi connectivity index (χ1n) is 15.1. The number of aliphatic imine (C=N–C) groups is 1. The second kappa shape index (κ2) is 11.1. The first-order valence-corrected chi connectivity index (χ1v) is 15.1. The monoisotopic (exact) mass is 583 g/mol. The highest BCUT2D eigenvalue weighted by atomic mass is 19.1. The lowest BCUT2D eigenvalue weighted by Gasteiger charge is -2.31. The smallest absolute Gasteiger partial charge is 0.319 e. The van der Waals surface area contributed by atoms with Crippen molar-refractivity contribution in [3.8, 4) is 17.3 Å². The number of nitrogens with two attached hydrogens (primary N) is 1. The number of anilines is 1. The molecule has 3 aliphatic rings. The summed E-state index contributed by atoms with van der Waals surface area (Å²) in [6.45, 7) is 6.19. The molecule has 5 heterocycles. The van der Waals surface area contributed by atoms with Crippen LogP contribution in [0.2, 0.25) is 0 Å². The minimum absolute atomic E-state index is 0.0210. The largest absolute Gasteiger partial charge is 0.461 e. The predicted octanol–water partition coefficient (Wildman–Crippen LogP) is 5.64. The Morgan fingerprint density at radius 2 is 1.84 bits per heavy atom. The molecule has 0 radical (unpaired) electrons. The van der Waals surface area contributed by atoms with Gasteiger partial charge in [-0.05, 0) is 69.6 Å². The summed E-state index contributed by atoms with van der Waals surface area (Å²) >= 11 is 0. The Kier molecular flexibility index (Phi) is 7.17. The van der Waals surface area contributed by atoms with Gasteiger partial charge in [0.25, 0.3) is 0 Å². The highest BCUT2D eigenvalue weighted by Crippen LogP contribution is 2.40. The molecule has 7 rings (SSSR count). The molecule has 4 aromatic rings. The van der Waals surface area contributed by atoms with Gasteiger partial charge in [-0.1, -0.05) is 30.3 Å². The highest BCUT2D eigenvalue weighted by molar-refractivity contribution is 6.02. The van der Waals surface area contributed by atoms with Crippen molar-refractivity contribution in [3.63, 3.8) is 0 Å². The fourth-order valence-electron chi connectivity index (χ4n) is 7.01. The molecule has 222 valence electrons. The standard InChI is InChI=1S/C33H35F2N7O/c1-21(36)17-23-19-41(14-6-13-37-23)31-25-18-38-29(24-9-2-7-22-8-3-10-26(34)27(22)24)28(35)30(25)39-32(40-31)43-20-33-11-4-15-42(33)16-5-12-33/h2-3,7-10,17-18H,4-6,11-16,19-20,36H2,1H3. The van der Waals surface area contributed by atoms with Crippen molar-refractivity contribution in [1.82, 2.24) is 19.9 Å². The van der Waals surface area contributed by atoms with Gasteiger partial charge in [0.2, 0.25) is 0 Å². The number of benzene rings is 2. The number of aromatic nitrogens is 3. The maximum atomic E-state index is 16.6. The van der Waals surface area contributed by atoms with Gasteiger partial charge in [-0.15, -0.1) is 0 Å². The van der Waals surface area contributed by atoms with Crippen molar-refractivity contribution >= 4 is 33.2 Å². The van der Waals surface area contributed by atoms with Gasteiger partial charge in [0, 0.05) is 35.9 Å². The van der Waals surface area contributed by atoms with Gasteiger partial charge in [-0.2, -0.15) is 9.97 Å². The topological polar surface area (TPSA) is 92.8 Å². The summed E-state index contributed by atoms with van der Waals surface area (Å²) in [5.41, 5.74) is 7.96. The van der Waals surface area contributed by atoms with Crippen LogP contribution < -0.4 is 15.4 Å². The van der Waals surface area contributed by atoms with E-state index in [2.05, 4.69) is 24.8 Å². The van der Waals surface area contributed by atoms with Crippen LogP contribution in [-0.2, 0) is 0 Å². The predicted molar refractivity (Wildman–Crippen MR) is 166 cm³/mol. The number of hydrogen-bond donors (Lipinski definition) is 1. The SMILES string of the molecule is CC(N)=CC1=NCCCN(c2nc(OCC34CCCN3CCC4)nc3c(F)c(-c4cccc5cccc(F)c45)ncc23)C1. The first-order chi connectivity index (χ1) is 20.9. The zero-order valence-electron chi connectivity index (χ0n) is 24.3. The zero-order chi connectivity index (χ0) is 29.6. The van der Waals surface area contributed by atoms with Gasteiger partial charge in [-0.25, -0.2) is 8.78 Å². The lowest BCUT2D eigenvalue weighted by molar-refractivity contribution is 0.108. The fraction of sp³-hybridized carbons (Fsp3) is 0.394. The molecule has 2 fully saturated rings.